The number of thiazole rings is 1. The fraction of sp³-hybridized carbons (Fsp3) is 0.364. The molecule has 1 saturated heterocycles. The van der Waals surface area contributed by atoms with E-state index in [-0.39, 0.29) is 12.0 Å². The van der Waals surface area contributed by atoms with Crippen LogP contribution in [0.15, 0.2) is 36.4 Å². The van der Waals surface area contributed by atoms with Crippen LogP contribution in [0.3, 0.4) is 0 Å². The van der Waals surface area contributed by atoms with Gasteiger partial charge in [-0.2, -0.15) is 0 Å². The summed E-state index contributed by atoms with van der Waals surface area (Å²) in [5.41, 5.74) is 2.56. The molecule has 1 unspecified atom stereocenters. The predicted octanol–water partition coefficient (Wildman–Crippen LogP) is 4.45. The van der Waals surface area contributed by atoms with Gasteiger partial charge in [0.2, 0.25) is 0 Å². The number of carbonyl (C=O) groups excluding carboxylic acids is 1. The number of methoxy groups -OCH3 is 2. The molecule has 0 aliphatic carbocycles. The fourth-order valence-corrected chi connectivity index (χ4v) is 4.61. The van der Waals surface area contributed by atoms with Crippen LogP contribution in [0.25, 0.3) is 10.2 Å². The first-order chi connectivity index (χ1) is 14.1. The third-order valence-corrected chi connectivity index (χ3v) is 6.17. The molecule has 1 aliphatic rings. The average Bonchev–Trinajstić information content (AvgIpc) is 3.41. The molecule has 3 aromatic rings. The van der Waals surface area contributed by atoms with Crippen LogP contribution in [0.2, 0.25) is 0 Å². The molecule has 0 saturated carbocycles. The number of hydrogen-bond donors (Lipinski definition) is 0. The lowest BCUT2D eigenvalue weighted by Crippen LogP contribution is -2.37. The van der Waals surface area contributed by atoms with Crippen molar-refractivity contribution in [3.05, 3.63) is 47.5 Å². The number of aromatic nitrogens is 1. The maximum Gasteiger partial charge on any atom is 0.260 e. The zero-order valence-corrected chi connectivity index (χ0v) is 17.6. The van der Waals surface area contributed by atoms with Crippen LogP contribution in [-0.4, -0.2) is 44.4 Å². The number of nitrogens with zero attached hydrogens (tertiary/aromatic N) is 2. The van der Waals surface area contributed by atoms with Crippen molar-refractivity contribution >= 4 is 32.6 Å². The quantitative estimate of drug-likeness (QED) is 0.599. The Morgan fingerprint density at radius 2 is 2.07 bits per heavy atom. The summed E-state index contributed by atoms with van der Waals surface area (Å²) in [6.07, 6.45) is 1.98. The van der Waals surface area contributed by atoms with E-state index >= 15 is 0 Å². The van der Waals surface area contributed by atoms with Gasteiger partial charge in [-0.3, -0.25) is 9.69 Å². The predicted molar refractivity (Wildman–Crippen MR) is 115 cm³/mol. The second kappa shape index (κ2) is 8.39. The van der Waals surface area contributed by atoms with Gasteiger partial charge in [-0.25, -0.2) is 4.98 Å². The molecule has 1 amide bonds. The van der Waals surface area contributed by atoms with Crippen LogP contribution in [0.5, 0.6) is 11.5 Å². The minimum atomic E-state index is -0.127. The molecule has 2 aromatic carbocycles. The van der Waals surface area contributed by atoms with Crippen molar-refractivity contribution in [3.8, 4) is 11.5 Å². The van der Waals surface area contributed by atoms with Gasteiger partial charge >= 0.3 is 0 Å². The fourth-order valence-electron chi connectivity index (χ4n) is 3.55. The Balaban J connectivity index is 1.73. The Bertz CT molecular complexity index is 1030. The largest absolute Gasteiger partial charge is 0.493 e. The van der Waals surface area contributed by atoms with E-state index in [0.29, 0.717) is 28.7 Å². The zero-order valence-electron chi connectivity index (χ0n) is 16.8. The molecule has 0 spiro atoms. The van der Waals surface area contributed by atoms with Crippen molar-refractivity contribution in [2.45, 2.75) is 25.9 Å². The van der Waals surface area contributed by atoms with E-state index in [2.05, 4.69) is 0 Å². The monoisotopic (exact) mass is 412 g/mol. The summed E-state index contributed by atoms with van der Waals surface area (Å²) in [4.78, 5) is 20.0. The van der Waals surface area contributed by atoms with Gasteiger partial charge in [0.15, 0.2) is 16.6 Å². The first-order valence-corrected chi connectivity index (χ1v) is 10.4. The number of ether oxygens (including phenoxy) is 3. The van der Waals surface area contributed by atoms with Gasteiger partial charge in [0, 0.05) is 12.2 Å². The van der Waals surface area contributed by atoms with Gasteiger partial charge in [-0.05, 0) is 49.6 Å². The van der Waals surface area contributed by atoms with E-state index in [0.717, 1.165) is 35.2 Å². The Hall–Kier alpha value is -2.64. The number of para-hydroxylation sites is 1. The van der Waals surface area contributed by atoms with Crippen molar-refractivity contribution in [2.75, 3.05) is 32.3 Å². The molecule has 0 N–H and O–H groups in total. The van der Waals surface area contributed by atoms with Gasteiger partial charge in [-0.15, -0.1) is 0 Å². The lowest BCUT2D eigenvalue weighted by atomic mass is 10.1. The highest BCUT2D eigenvalue weighted by Gasteiger charge is 2.27. The van der Waals surface area contributed by atoms with E-state index in [1.165, 1.54) is 11.3 Å². The molecular formula is C22H24N2O4S. The van der Waals surface area contributed by atoms with Gasteiger partial charge in [-0.1, -0.05) is 23.5 Å². The smallest absolute Gasteiger partial charge is 0.260 e. The molecule has 1 aliphatic heterocycles. The van der Waals surface area contributed by atoms with Gasteiger partial charge in [0.25, 0.3) is 5.91 Å². The Kier molecular flexibility index (Phi) is 5.69. The Morgan fingerprint density at radius 1 is 1.24 bits per heavy atom. The minimum Gasteiger partial charge on any atom is -0.493 e. The lowest BCUT2D eigenvalue weighted by molar-refractivity contribution is 0.0917. The molecule has 1 aromatic heterocycles. The second-order valence-corrected chi connectivity index (χ2v) is 8.05. The van der Waals surface area contributed by atoms with E-state index < -0.39 is 0 Å². The third kappa shape index (κ3) is 3.93. The van der Waals surface area contributed by atoms with Gasteiger partial charge in [0.05, 0.1) is 37.1 Å². The van der Waals surface area contributed by atoms with Crippen LogP contribution < -0.4 is 14.4 Å². The standard InChI is InChI=1S/C22H24N2O4S/c1-14-6-4-8-19-20(14)23-22(29-19)24(13-16-7-5-11-28-16)21(25)15-9-10-17(26-2)18(12-15)27-3/h4,6,8-10,12,16H,5,7,11,13H2,1-3H3. The molecule has 29 heavy (non-hydrogen) atoms. The molecular weight excluding hydrogens is 388 g/mol. The SMILES string of the molecule is COc1ccc(C(=O)N(CC2CCCO2)c2nc3c(C)cccc3s2)cc1OC. The molecule has 1 atom stereocenters. The van der Waals surface area contributed by atoms with Crippen molar-refractivity contribution < 1.29 is 19.0 Å². The van der Waals surface area contributed by atoms with Crippen molar-refractivity contribution in [1.29, 1.82) is 0 Å². The molecule has 0 bridgehead atoms. The first kappa shape index (κ1) is 19.7. The highest BCUT2D eigenvalue weighted by atomic mass is 32.1. The van der Waals surface area contributed by atoms with Crippen molar-refractivity contribution in [2.24, 2.45) is 0 Å². The molecule has 152 valence electrons. The third-order valence-electron chi connectivity index (χ3n) is 5.13. The highest BCUT2D eigenvalue weighted by molar-refractivity contribution is 7.22. The minimum absolute atomic E-state index is 0.0206. The molecule has 0 radical (unpaired) electrons. The molecule has 4 rings (SSSR count). The zero-order chi connectivity index (χ0) is 20.4. The summed E-state index contributed by atoms with van der Waals surface area (Å²) in [5, 5.41) is 0.685. The maximum atomic E-state index is 13.5. The summed E-state index contributed by atoms with van der Waals surface area (Å²) < 4.78 is 17.5. The average molecular weight is 413 g/mol. The summed E-state index contributed by atoms with van der Waals surface area (Å²) in [7, 11) is 3.14. The number of amides is 1. The van der Waals surface area contributed by atoms with Crippen LogP contribution in [0.4, 0.5) is 5.13 Å². The van der Waals surface area contributed by atoms with E-state index in [1.807, 2.05) is 25.1 Å². The Labute approximate surface area is 174 Å². The van der Waals surface area contributed by atoms with Crippen LogP contribution in [0.1, 0.15) is 28.8 Å². The number of aryl methyl sites for hydroxylation is 1. The molecule has 2 heterocycles. The summed E-state index contributed by atoms with van der Waals surface area (Å²) in [6, 6.07) is 11.3. The molecule has 7 heteroatoms. The van der Waals surface area contributed by atoms with E-state index in [9.17, 15) is 4.79 Å². The van der Waals surface area contributed by atoms with Crippen LogP contribution >= 0.6 is 11.3 Å². The van der Waals surface area contributed by atoms with Crippen molar-refractivity contribution in [1.82, 2.24) is 4.98 Å². The lowest BCUT2D eigenvalue weighted by Gasteiger charge is -2.23. The summed E-state index contributed by atoms with van der Waals surface area (Å²) >= 11 is 1.53. The van der Waals surface area contributed by atoms with E-state index in [4.69, 9.17) is 19.2 Å². The van der Waals surface area contributed by atoms with Crippen LogP contribution in [-0.2, 0) is 4.74 Å². The number of hydrogen-bond acceptors (Lipinski definition) is 6. The number of benzene rings is 2. The normalized spacial score (nSPS) is 16.2. The maximum absolute atomic E-state index is 13.5. The van der Waals surface area contributed by atoms with Crippen molar-refractivity contribution in [3.63, 3.8) is 0 Å². The second-order valence-electron chi connectivity index (χ2n) is 7.04. The summed E-state index contributed by atoms with van der Waals surface area (Å²) in [6.45, 7) is 3.25. The number of rotatable bonds is 6. The highest BCUT2D eigenvalue weighted by Crippen LogP contribution is 2.34. The topological polar surface area (TPSA) is 60.9 Å². The first-order valence-electron chi connectivity index (χ1n) is 9.62. The van der Waals surface area contributed by atoms with Crippen LogP contribution in [0, 0.1) is 6.92 Å². The number of fused-ring (bicyclic) bond motifs is 1. The van der Waals surface area contributed by atoms with Gasteiger partial charge in [0.1, 0.15) is 0 Å². The van der Waals surface area contributed by atoms with E-state index in [1.54, 1.807) is 37.3 Å². The number of anilines is 1. The number of carbonyl (C=O) groups is 1. The summed E-state index contributed by atoms with van der Waals surface area (Å²) in [5.74, 6) is 0.985. The Morgan fingerprint density at radius 3 is 2.76 bits per heavy atom. The van der Waals surface area contributed by atoms with Gasteiger partial charge < -0.3 is 14.2 Å². The molecule has 6 nitrogen and oxygen atoms in total. The molecule has 1 fully saturated rings.